The fourth-order valence-corrected chi connectivity index (χ4v) is 3.61. The summed E-state index contributed by atoms with van der Waals surface area (Å²) in [5, 5.41) is 0. The van der Waals surface area contributed by atoms with Crippen LogP contribution in [0, 0.1) is 0 Å². The lowest BCUT2D eigenvalue weighted by Gasteiger charge is -2.32. The molecule has 0 bridgehead atoms. The van der Waals surface area contributed by atoms with Crippen LogP contribution in [0.2, 0.25) is 0 Å². The van der Waals surface area contributed by atoms with Gasteiger partial charge in [-0.1, -0.05) is 37.1 Å². The van der Waals surface area contributed by atoms with E-state index in [-0.39, 0.29) is 11.4 Å². The van der Waals surface area contributed by atoms with Crippen LogP contribution in [-0.2, 0) is 16.6 Å². The highest BCUT2D eigenvalue weighted by atomic mass is 16.2. The van der Waals surface area contributed by atoms with Crippen molar-refractivity contribution in [1.82, 2.24) is 4.90 Å². The van der Waals surface area contributed by atoms with Gasteiger partial charge in [-0.15, -0.1) is 0 Å². The molecule has 1 amide bonds. The molecule has 1 aromatic rings. The van der Waals surface area contributed by atoms with Crippen LogP contribution in [0.25, 0.3) is 0 Å². The lowest BCUT2D eigenvalue weighted by Crippen LogP contribution is -2.44. The minimum Gasteiger partial charge on any atom is -0.342 e. The fourth-order valence-electron chi connectivity index (χ4n) is 3.61. The van der Waals surface area contributed by atoms with E-state index in [1.807, 2.05) is 0 Å². The van der Waals surface area contributed by atoms with Crippen LogP contribution in [-0.4, -0.2) is 29.4 Å². The van der Waals surface area contributed by atoms with E-state index in [2.05, 4.69) is 43.0 Å². The Morgan fingerprint density at radius 2 is 1.83 bits per heavy atom. The predicted octanol–water partition coefficient (Wildman–Crippen LogP) is 3.40. The van der Waals surface area contributed by atoms with E-state index in [0.717, 1.165) is 50.8 Å². The molecule has 126 valence electrons. The minimum absolute atomic E-state index is 0.0115. The molecule has 1 saturated heterocycles. The second-order valence-corrected chi connectivity index (χ2v) is 8.07. The van der Waals surface area contributed by atoms with Crippen LogP contribution in [0.3, 0.4) is 0 Å². The SMILES string of the molecule is CC(C)(C(=O)N1CCCCCC1)c1cccc(CC2(N)CC2)c1. The smallest absolute Gasteiger partial charge is 0.232 e. The van der Waals surface area contributed by atoms with Crippen molar-refractivity contribution in [2.45, 2.75) is 69.7 Å². The molecular weight excluding hydrogens is 284 g/mol. The van der Waals surface area contributed by atoms with Crippen LogP contribution < -0.4 is 5.73 Å². The number of carbonyl (C=O) groups is 1. The van der Waals surface area contributed by atoms with E-state index in [1.54, 1.807) is 0 Å². The Kier molecular flexibility index (Phi) is 4.50. The first-order valence-corrected chi connectivity index (χ1v) is 9.08. The monoisotopic (exact) mass is 314 g/mol. The summed E-state index contributed by atoms with van der Waals surface area (Å²) in [7, 11) is 0. The van der Waals surface area contributed by atoms with Gasteiger partial charge < -0.3 is 10.6 Å². The third-order valence-electron chi connectivity index (χ3n) is 5.53. The van der Waals surface area contributed by atoms with E-state index in [0.29, 0.717) is 0 Å². The Labute approximate surface area is 140 Å². The molecule has 0 unspecified atom stereocenters. The Hall–Kier alpha value is -1.35. The van der Waals surface area contributed by atoms with Gasteiger partial charge in [-0.3, -0.25) is 4.79 Å². The van der Waals surface area contributed by atoms with Crippen molar-refractivity contribution in [2.24, 2.45) is 5.73 Å². The molecule has 0 radical (unpaired) electrons. The topological polar surface area (TPSA) is 46.3 Å². The summed E-state index contributed by atoms with van der Waals surface area (Å²) in [5.74, 6) is 0.269. The number of rotatable bonds is 4. The number of nitrogens with two attached hydrogens (primary N) is 1. The number of benzene rings is 1. The third-order valence-corrected chi connectivity index (χ3v) is 5.53. The summed E-state index contributed by atoms with van der Waals surface area (Å²) < 4.78 is 0. The number of likely N-dealkylation sites (tertiary alicyclic amines) is 1. The zero-order valence-electron chi connectivity index (χ0n) is 14.6. The van der Waals surface area contributed by atoms with Gasteiger partial charge in [0.05, 0.1) is 5.41 Å². The molecule has 1 aliphatic heterocycles. The van der Waals surface area contributed by atoms with Crippen molar-refractivity contribution >= 4 is 5.91 Å². The summed E-state index contributed by atoms with van der Waals surface area (Å²) in [6, 6.07) is 8.51. The Morgan fingerprint density at radius 1 is 1.17 bits per heavy atom. The lowest BCUT2D eigenvalue weighted by atomic mass is 9.82. The van der Waals surface area contributed by atoms with E-state index < -0.39 is 5.41 Å². The molecule has 1 heterocycles. The van der Waals surface area contributed by atoms with Crippen LogP contribution in [0.5, 0.6) is 0 Å². The quantitative estimate of drug-likeness (QED) is 0.926. The van der Waals surface area contributed by atoms with Crippen LogP contribution in [0.4, 0.5) is 0 Å². The highest BCUT2D eigenvalue weighted by Gasteiger charge is 2.39. The highest BCUT2D eigenvalue weighted by Crippen LogP contribution is 2.36. The van der Waals surface area contributed by atoms with Crippen molar-refractivity contribution in [3.63, 3.8) is 0 Å². The minimum atomic E-state index is -0.467. The Morgan fingerprint density at radius 3 is 2.43 bits per heavy atom. The van der Waals surface area contributed by atoms with Gasteiger partial charge in [-0.05, 0) is 57.1 Å². The maximum Gasteiger partial charge on any atom is 0.232 e. The standard InChI is InChI=1S/C20H30N2O/c1-19(2,18(23)22-12-5-3-4-6-13-22)17-9-7-8-16(14-17)15-20(21)10-11-20/h7-9,14H,3-6,10-13,15,21H2,1-2H3. The molecule has 3 rings (SSSR count). The summed E-state index contributed by atoms with van der Waals surface area (Å²) in [5.41, 5.74) is 8.18. The average molecular weight is 314 g/mol. The third kappa shape index (κ3) is 3.77. The second kappa shape index (κ2) is 6.27. The first kappa shape index (κ1) is 16.5. The van der Waals surface area contributed by atoms with E-state index in [9.17, 15) is 4.79 Å². The van der Waals surface area contributed by atoms with Crippen LogP contribution in [0.1, 0.15) is 63.5 Å². The molecule has 23 heavy (non-hydrogen) atoms. The van der Waals surface area contributed by atoms with Gasteiger partial charge in [-0.25, -0.2) is 0 Å². The van der Waals surface area contributed by atoms with Crippen LogP contribution >= 0.6 is 0 Å². The molecule has 1 saturated carbocycles. The average Bonchev–Trinajstić information content (AvgIpc) is 3.30. The summed E-state index contributed by atoms with van der Waals surface area (Å²) in [6.07, 6.45) is 7.93. The second-order valence-electron chi connectivity index (χ2n) is 8.07. The maximum atomic E-state index is 13.1. The molecule has 3 heteroatoms. The lowest BCUT2D eigenvalue weighted by molar-refractivity contribution is -0.136. The number of carbonyl (C=O) groups excluding carboxylic acids is 1. The van der Waals surface area contributed by atoms with Crippen molar-refractivity contribution in [2.75, 3.05) is 13.1 Å². The van der Waals surface area contributed by atoms with E-state index >= 15 is 0 Å². The van der Waals surface area contributed by atoms with Gasteiger partial charge in [0.25, 0.3) is 0 Å². The molecule has 2 N–H and O–H groups in total. The molecule has 1 aliphatic carbocycles. The van der Waals surface area contributed by atoms with Gasteiger partial charge >= 0.3 is 0 Å². The largest absolute Gasteiger partial charge is 0.342 e. The van der Waals surface area contributed by atoms with Crippen LogP contribution in [0.15, 0.2) is 24.3 Å². The first-order chi connectivity index (χ1) is 10.9. The van der Waals surface area contributed by atoms with Crippen molar-refractivity contribution in [1.29, 1.82) is 0 Å². The predicted molar refractivity (Wildman–Crippen MR) is 94.4 cm³/mol. The normalized spacial score (nSPS) is 20.9. The van der Waals surface area contributed by atoms with Gasteiger partial charge in [0.15, 0.2) is 0 Å². The Bertz CT molecular complexity index is 567. The van der Waals surface area contributed by atoms with Gasteiger partial charge in [0.1, 0.15) is 0 Å². The highest BCUT2D eigenvalue weighted by molar-refractivity contribution is 5.87. The van der Waals surface area contributed by atoms with Gasteiger partial charge in [-0.2, -0.15) is 0 Å². The van der Waals surface area contributed by atoms with E-state index in [4.69, 9.17) is 5.73 Å². The van der Waals surface area contributed by atoms with Crippen molar-refractivity contribution in [3.8, 4) is 0 Å². The molecule has 0 atom stereocenters. The molecule has 3 nitrogen and oxygen atoms in total. The summed E-state index contributed by atoms with van der Waals surface area (Å²) in [6.45, 7) is 5.95. The van der Waals surface area contributed by atoms with E-state index in [1.165, 1.54) is 18.4 Å². The van der Waals surface area contributed by atoms with Gasteiger partial charge in [0, 0.05) is 18.6 Å². The molecule has 0 spiro atoms. The molecule has 1 aromatic carbocycles. The molecule has 2 fully saturated rings. The molecule has 2 aliphatic rings. The summed E-state index contributed by atoms with van der Waals surface area (Å²) >= 11 is 0. The van der Waals surface area contributed by atoms with Crippen molar-refractivity contribution in [3.05, 3.63) is 35.4 Å². The number of amides is 1. The number of hydrogen-bond donors (Lipinski definition) is 1. The summed E-state index contributed by atoms with van der Waals surface area (Å²) in [4.78, 5) is 15.2. The Balaban J connectivity index is 1.77. The maximum absolute atomic E-state index is 13.1. The number of hydrogen-bond acceptors (Lipinski definition) is 2. The zero-order chi connectivity index (χ0) is 16.5. The zero-order valence-corrected chi connectivity index (χ0v) is 14.6. The fraction of sp³-hybridized carbons (Fsp3) is 0.650. The first-order valence-electron chi connectivity index (χ1n) is 9.08. The van der Waals surface area contributed by atoms with Crippen molar-refractivity contribution < 1.29 is 4.79 Å². The van der Waals surface area contributed by atoms with Gasteiger partial charge in [0.2, 0.25) is 5.91 Å². The molecule has 0 aromatic heterocycles. The molecular formula is C20H30N2O. The number of nitrogens with zero attached hydrogens (tertiary/aromatic N) is 1.